The van der Waals surface area contributed by atoms with E-state index in [9.17, 15) is 4.79 Å². The topological polar surface area (TPSA) is 37.8 Å². The minimum Gasteiger partial charge on any atom is -0.313 e. The summed E-state index contributed by atoms with van der Waals surface area (Å²) >= 11 is 7.25. The fourth-order valence-electron chi connectivity index (χ4n) is 1.08. The molecule has 2 heterocycles. The molecule has 2 rings (SSSR count). The van der Waals surface area contributed by atoms with Crippen LogP contribution < -0.4 is 5.69 Å². The van der Waals surface area contributed by atoms with E-state index in [-0.39, 0.29) is 5.69 Å². The number of thiophene rings is 1. The Bertz CT molecular complexity index is 456. The third-order valence-electron chi connectivity index (χ3n) is 1.68. The number of aromatic nitrogens is 2. The van der Waals surface area contributed by atoms with E-state index >= 15 is 0 Å². The summed E-state index contributed by atoms with van der Waals surface area (Å²) in [5.74, 6) is 0. The molecule has 0 aliphatic carbocycles. The number of imidazole rings is 1. The predicted octanol–water partition coefficient (Wildman–Crippen LogP) is 1.94. The molecule has 0 aromatic carbocycles. The van der Waals surface area contributed by atoms with Crippen molar-refractivity contribution < 1.29 is 0 Å². The van der Waals surface area contributed by atoms with Gasteiger partial charge in [0, 0.05) is 17.3 Å². The van der Waals surface area contributed by atoms with Gasteiger partial charge < -0.3 is 4.98 Å². The number of rotatable bonds is 2. The molecule has 13 heavy (non-hydrogen) atoms. The average molecular weight is 215 g/mol. The lowest BCUT2D eigenvalue weighted by Gasteiger charge is -1.95. The van der Waals surface area contributed by atoms with E-state index in [0.29, 0.717) is 6.54 Å². The number of aromatic amines is 1. The molecule has 0 radical (unpaired) electrons. The molecule has 2 aromatic rings. The third kappa shape index (κ3) is 1.84. The summed E-state index contributed by atoms with van der Waals surface area (Å²) < 4.78 is 2.35. The second kappa shape index (κ2) is 3.40. The first kappa shape index (κ1) is 8.59. The van der Waals surface area contributed by atoms with Crippen LogP contribution in [0.4, 0.5) is 0 Å². The van der Waals surface area contributed by atoms with Crippen molar-refractivity contribution in [1.82, 2.24) is 9.55 Å². The Hall–Kier alpha value is -1.000. The van der Waals surface area contributed by atoms with Crippen LogP contribution in [0.15, 0.2) is 29.3 Å². The fourth-order valence-corrected chi connectivity index (χ4v) is 2.16. The van der Waals surface area contributed by atoms with Crippen molar-refractivity contribution in [3.63, 3.8) is 0 Å². The lowest BCUT2D eigenvalue weighted by Crippen LogP contribution is -2.15. The zero-order valence-corrected chi connectivity index (χ0v) is 8.23. The van der Waals surface area contributed by atoms with Gasteiger partial charge in [0.1, 0.15) is 0 Å². The molecule has 1 N–H and O–H groups in total. The van der Waals surface area contributed by atoms with Gasteiger partial charge in [0.15, 0.2) is 0 Å². The molecule has 0 bridgehead atoms. The molecule has 0 aliphatic heterocycles. The molecule has 0 atom stereocenters. The number of halogens is 1. The van der Waals surface area contributed by atoms with Gasteiger partial charge in [0.25, 0.3) is 0 Å². The summed E-state index contributed by atoms with van der Waals surface area (Å²) in [6.45, 7) is 0.583. The molecule has 0 saturated heterocycles. The highest BCUT2D eigenvalue weighted by atomic mass is 35.5. The van der Waals surface area contributed by atoms with Crippen LogP contribution in [0.5, 0.6) is 0 Å². The van der Waals surface area contributed by atoms with Gasteiger partial charge >= 0.3 is 5.69 Å². The van der Waals surface area contributed by atoms with Gasteiger partial charge in [-0.2, -0.15) is 0 Å². The SMILES string of the molecule is O=c1[nH]ccn1Cc1ccc(Cl)s1. The number of H-pyrrole nitrogens is 1. The summed E-state index contributed by atoms with van der Waals surface area (Å²) in [6, 6.07) is 3.76. The van der Waals surface area contributed by atoms with Crippen molar-refractivity contribution in [2.45, 2.75) is 6.54 Å². The van der Waals surface area contributed by atoms with Gasteiger partial charge in [-0.3, -0.25) is 4.57 Å². The number of hydrogen-bond acceptors (Lipinski definition) is 2. The fraction of sp³-hybridized carbons (Fsp3) is 0.125. The van der Waals surface area contributed by atoms with Gasteiger partial charge in [-0.1, -0.05) is 11.6 Å². The van der Waals surface area contributed by atoms with E-state index in [1.807, 2.05) is 12.1 Å². The summed E-state index contributed by atoms with van der Waals surface area (Å²) in [6.07, 6.45) is 3.34. The minimum absolute atomic E-state index is 0.0930. The standard InChI is InChI=1S/C8H7ClN2OS/c9-7-2-1-6(13-7)5-11-4-3-10-8(11)12/h1-4H,5H2,(H,10,12). The van der Waals surface area contributed by atoms with E-state index < -0.39 is 0 Å². The smallest absolute Gasteiger partial charge is 0.313 e. The maximum atomic E-state index is 11.1. The number of nitrogens with zero attached hydrogens (tertiary/aromatic N) is 1. The highest BCUT2D eigenvalue weighted by Gasteiger charge is 2.00. The number of hydrogen-bond donors (Lipinski definition) is 1. The molecule has 0 saturated carbocycles. The molecule has 0 unspecified atom stereocenters. The normalized spacial score (nSPS) is 10.5. The Kier molecular flexibility index (Phi) is 2.24. The summed E-state index contributed by atoms with van der Waals surface area (Å²) in [7, 11) is 0. The molecule has 0 spiro atoms. The van der Waals surface area contributed by atoms with E-state index in [0.717, 1.165) is 9.21 Å². The Labute approximate surface area is 83.6 Å². The van der Waals surface area contributed by atoms with Crippen LogP contribution in [0.2, 0.25) is 4.34 Å². The predicted molar refractivity (Wildman–Crippen MR) is 53.5 cm³/mol. The third-order valence-corrected chi connectivity index (χ3v) is 2.89. The maximum Gasteiger partial charge on any atom is 0.325 e. The van der Waals surface area contributed by atoms with E-state index in [2.05, 4.69) is 4.98 Å². The molecule has 0 fully saturated rings. The van der Waals surface area contributed by atoms with Crippen LogP contribution >= 0.6 is 22.9 Å². The molecule has 2 aromatic heterocycles. The molecular weight excluding hydrogens is 208 g/mol. The van der Waals surface area contributed by atoms with E-state index in [4.69, 9.17) is 11.6 Å². The first-order valence-corrected chi connectivity index (χ1v) is 4.93. The zero-order valence-electron chi connectivity index (χ0n) is 6.66. The summed E-state index contributed by atoms with van der Waals surface area (Å²) in [5.41, 5.74) is -0.0930. The van der Waals surface area contributed by atoms with Gasteiger partial charge in [0.05, 0.1) is 10.9 Å². The van der Waals surface area contributed by atoms with E-state index in [1.54, 1.807) is 17.0 Å². The van der Waals surface area contributed by atoms with Gasteiger partial charge in [-0.25, -0.2) is 4.79 Å². The Morgan fingerprint density at radius 2 is 2.38 bits per heavy atom. The van der Waals surface area contributed by atoms with Crippen molar-refractivity contribution >= 4 is 22.9 Å². The van der Waals surface area contributed by atoms with Crippen LogP contribution in [-0.4, -0.2) is 9.55 Å². The summed E-state index contributed by atoms with van der Waals surface area (Å²) in [5, 5.41) is 0. The largest absolute Gasteiger partial charge is 0.325 e. The lowest BCUT2D eigenvalue weighted by atomic mass is 10.4. The van der Waals surface area contributed by atoms with Crippen molar-refractivity contribution in [2.24, 2.45) is 0 Å². The molecule has 0 aliphatic rings. The first-order chi connectivity index (χ1) is 6.25. The summed E-state index contributed by atoms with van der Waals surface area (Å²) in [4.78, 5) is 14.8. The molecular formula is C8H7ClN2OS. The monoisotopic (exact) mass is 214 g/mol. The van der Waals surface area contributed by atoms with E-state index in [1.165, 1.54) is 11.3 Å². The van der Waals surface area contributed by atoms with Gasteiger partial charge in [-0.05, 0) is 12.1 Å². The quantitative estimate of drug-likeness (QED) is 0.815. The molecule has 3 nitrogen and oxygen atoms in total. The first-order valence-electron chi connectivity index (χ1n) is 3.74. The molecule has 68 valence electrons. The van der Waals surface area contributed by atoms with Gasteiger partial charge in [-0.15, -0.1) is 11.3 Å². The zero-order chi connectivity index (χ0) is 9.26. The van der Waals surface area contributed by atoms with Crippen molar-refractivity contribution in [3.8, 4) is 0 Å². The van der Waals surface area contributed by atoms with Crippen molar-refractivity contribution in [3.05, 3.63) is 44.2 Å². The minimum atomic E-state index is -0.0930. The number of nitrogens with one attached hydrogen (secondary N) is 1. The van der Waals surface area contributed by atoms with Gasteiger partial charge in [0.2, 0.25) is 0 Å². The van der Waals surface area contributed by atoms with Crippen LogP contribution in [-0.2, 0) is 6.54 Å². The second-order valence-corrected chi connectivity index (χ2v) is 4.40. The highest BCUT2D eigenvalue weighted by Crippen LogP contribution is 2.21. The molecule has 0 amide bonds. The second-order valence-electron chi connectivity index (χ2n) is 2.60. The lowest BCUT2D eigenvalue weighted by molar-refractivity contribution is 0.772. The molecule has 5 heteroatoms. The van der Waals surface area contributed by atoms with Crippen LogP contribution in [0, 0.1) is 0 Å². The van der Waals surface area contributed by atoms with Crippen molar-refractivity contribution in [2.75, 3.05) is 0 Å². The van der Waals surface area contributed by atoms with Crippen LogP contribution in [0.1, 0.15) is 4.88 Å². The van der Waals surface area contributed by atoms with Crippen LogP contribution in [0.25, 0.3) is 0 Å². The Morgan fingerprint density at radius 3 is 2.92 bits per heavy atom. The van der Waals surface area contributed by atoms with Crippen LogP contribution in [0.3, 0.4) is 0 Å². The van der Waals surface area contributed by atoms with Crippen molar-refractivity contribution in [1.29, 1.82) is 0 Å². The highest BCUT2D eigenvalue weighted by molar-refractivity contribution is 7.16. The Balaban J connectivity index is 2.24. The average Bonchev–Trinajstić information content (AvgIpc) is 2.64. The maximum absolute atomic E-state index is 11.1. The Morgan fingerprint density at radius 1 is 1.54 bits per heavy atom.